The SMILES string of the molecule is CCCN1C(=O)C2CC=C3C(CC4C(=O)N(c5cccc(Cl)c5)C(=O)C4(c4ccccc4)C3c3ccc(O)cc3)C2C1=O. The lowest BCUT2D eigenvalue weighted by atomic mass is 9.49. The molecule has 2 aliphatic carbocycles. The van der Waals surface area contributed by atoms with Gasteiger partial charge in [0.1, 0.15) is 5.75 Å². The van der Waals surface area contributed by atoms with Gasteiger partial charge in [0, 0.05) is 17.5 Å². The fourth-order valence-corrected chi connectivity index (χ4v) is 8.48. The zero-order valence-corrected chi connectivity index (χ0v) is 24.4. The lowest BCUT2D eigenvalue weighted by Crippen LogP contribution is -2.53. The van der Waals surface area contributed by atoms with Crippen molar-refractivity contribution in [1.82, 2.24) is 4.90 Å². The number of carbonyl (C=O) groups is 4. The van der Waals surface area contributed by atoms with Crippen LogP contribution in [0.2, 0.25) is 5.02 Å². The second kappa shape index (κ2) is 10.2. The van der Waals surface area contributed by atoms with Crippen molar-refractivity contribution in [3.63, 3.8) is 0 Å². The van der Waals surface area contributed by atoms with E-state index in [0.717, 1.165) is 11.1 Å². The molecular weight excluding hydrogens is 564 g/mol. The van der Waals surface area contributed by atoms with Gasteiger partial charge < -0.3 is 5.11 Å². The number of imide groups is 2. The minimum Gasteiger partial charge on any atom is -0.508 e. The topological polar surface area (TPSA) is 95.0 Å². The highest BCUT2D eigenvalue weighted by Crippen LogP contribution is 2.64. The Morgan fingerprint density at radius 3 is 2.33 bits per heavy atom. The van der Waals surface area contributed by atoms with Gasteiger partial charge in [-0.15, -0.1) is 0 Å². The summed E-state index contributed by atoms with van der Waals surface area (Å²) in [5.41, 5.74) is 1.45. The summed E-state index contributed by atoms with van der Waals surface area (Å²) in [6, 6.07) is 22.9. The average Bonchev–Trinajstić information content (AvgIpc) is 3.39. The first-order chi connectivity index (χ1) is 20.8. The third kappa shape index (κ3) is 3.87. The fraction of sp³-hybridized carbons (Fsp3) is 0.314. The van der Waals surface area contributed by atoms with E-state index < -0.39 is 35.0 Å². The highest BCUT2D eigenvalue weighted by molar-refractivity contribution is 6.32. The first-order valence-corrected chi connectivity index (χ1v) is 15.2. The second-order valence-electron chi connectivity index (χ2n) is 12.0. The maximum Gasteiger partial charge on any atom is 0.246 e. The van der Waals surface area contributed by atoms with Gasteiger partial charge in [0.25, 0.3) is 0 Å². The number of fused-ring (bicyclic) bond motifs is 4. The van der Waals surface area contributed by atoms with Gasteiger partial charge in [-0.25, -0.2) is 4.90 Å². The Bertz CT molecular complexity index is 1690. The highest BCUT2D eigenvalue weighted by atomic mass is 35.5. The molecular formula is C35H31ClN2O5. The van der Waals surface area contributed by atoms with Gasteiger partial charge >= 0.3 is 0 Å². The molecule has 43 heavy (non-hydrogen) atoms. The van der Waals surface area contributed by atoms with Crippen LogP contribution in [0, 0.1) is 23.7 Å². The van der Waals surface area contributed by atoms with Crippen LogP contribution in [0.15, 0.2) is 90.5 Å². The number of benzene rings is 3. The predicted octanol–water partition coefficient (Wildman–Crippen LogP) is 5.62. The third-order valence-corrected chi connectivity index (χ3v) is 10.2. The zero-order chi connectivity index (χ0) is 30.0. The molecule has 0 aromatic heterocycles. The summed E-state index contributed by atoms with van der Waals surface area (Å²) in [5, 5.41) is 10.6. The molecule has 3 aromatic rings. The van der Waals surface area contributed by atoms with Crippen LogP contribution in [0.25, 0.3) is 0 Å². The molecule has 7 nitrogen and oxygen atoms in total. The third-order valence-electron chi connectivity index (χ3n) is 9.93. The lowest BCUT2D eigenvalue weighted by Gasteiger charge is -2.50. The van der Waals surface area contributed by atoms with Crippen LogP contribution in [0.3, 0.4) is 0 Å². The molecule has 2 aliphatic heterocycles. The van der Waals surface area contributed by atoms with E-state index in [9.17, 15) is 19.5 Å². The standard InChI is InChI=1S/C35H31ClN2O5/c1-2-17-37-31(40)26-16-15-25-27(29(26)33(37)42)19-28-32(41)38(23-10-6-9-22(36)18-23)34(43)35(28,21-7-4-3-5-8-21)30(25)20-11-13-24(39)14-12-20/h3-15,18,26-30,39H,2,16-17,19H2,1H3. The summed E-state index contributed by atoms with van der Waals surface area (Å²) in [5.74, 6) is -3.82. The monoisotopic (exact) mass is 594 g/mol. The summed E-state index contributed by atoms with van der Waals surface area (Å²) in [6.07, 6.45) is 3.37. The number of hydrogen-bond donors (Lipinski definition) is 1. The molecule has 8 heteroatoms. The summed E-state index contributed by atoms with van der Waals surface area (Å²) >= 11 is 6.34. The van der Waals surface area contributed by atoms with E-state index in [0.29, 0.717) is 35.7 Å². The van der Waals surface area contributed by atoms with Crippen molar-refractivity contribution in [3.8, 4) is 5.75 Å². The molecule has 1 saturated carbocycles. The van der Waals surface area contributed by atoms with Crippen molar-refractivity contribution in [1.29, 1.82) is 0 Å². The van der Waals surface area contributed by atoms with Crippen molar-refractivity contribution in [2.24, 2.45) is 23.7 Å². The van der Waals surface area contributed by atoms with Gasteiger partial charge in [0.2, 0.25) is 23.6 Å². The minimum atomic E-state index is -1.32. The molecule has 1 N–H and O–H groups in total. The Kier molecular flexibility index (Phi) is 6.54. The maximum atomic E-state index is 15.0. The van der Waals surface area contributed by atoms with E-state index in [1.54, 1.807) is 48.5 Å². The number of nitrogens with zero attached hydrogens (tertiary/aromatic N) is 2. The number of anilines is 1. The number of allylic oxidation sites excluding steroid dienone is 2. The van der Waals surface area contributed by atoms with Crippen molar-refractivity contribution < 1.29 is 24.3 Å². The summed E-state index contributed by atoms with van der Waals surface area (Å²) in [7, 11) is 0. The molecule has 4 amide bonds. The number of halogens is 1. The fourth-order valence-electron chi connectivity index (χ4n) is 8.29. The van der Waals surface area contributed by atoms with Crippen LogP contribution >= 0.6 is 11.6 Å². The number of phenols is 1. The van der Waals surface area contributed by atoms with E-state index in [2.05, 4.69) is 0 Å². The van der Waals surface area contributed by atoms with Crippen LogP contribution in [0.1, 0.15) is 43.2 Å². The predicted molar refractivity (Wildman–Crippen MR) is 161 cm³/mol. The van der Waals surface area contributed by atoms with Crippen molar-refractivity contribution in [3.05, 3.63) is 107 Å². The van der Waals surface area contributed by atoms with Crippen LogP contribution in [-0.2, 0) is 24.6 Å². The molecule has 6 unspecified atom stereocenters. The summed E-state index contributed by atoms with van der Waals surface area (Å²) in [6.45, 7) is 2.31. The van der Waals surface area contributed by atoms with Gasteiger partial charge in [-0.3, -0.25) is 24.1 Å². The molecule has 218 valence electrons. The van der Waals surface area contributed by atoms with Crippen LogP contribution < -0.4 is 4.90 Å². The molecule has 3 aromatic carbocycles. The number of hydrogen-bond acceptors (Lipinski definition) is 5. The van der Waals surface area contributed by atoms with E-state index in [1.807, 2.05) is 43.3 Å². The number of likely N-dealkylation sites (tertiary alicyclic amines) is 1. The van der Waals surface area contributed by atoms with Gasteiger partial charge in [0.05, 0.1) is 28.9 Å². The van der Waals surface area contributed by atoms with E-state index in [-0.39, 0.29) is 35.8 Å². The van der Waals surface area contributed by atoms with Crippen LogP contribution in [0.5, 0.6) is 5.75 Å². The maximum absolute atomic E-state index is 15.0. The molecule has 6 atom stereocenters. The molecule has 2 saturated heterocycles. The molecule has 7 rings (SSSR count). The first kappa shape index (κ1) is 27.6. The Morgan fingerprint density at radius 1 is 0.884 bits per heavy atom. The Balaban J connectivity index is 1.48. The van der Waals surface area contributed by atoms with Gasteiger partial charge in [0.15, 0.2) is 0 Å². The molecule has 0 bridgehead atoms. The van der Waals surface area contributed by atoms with Crippen LogP contribution in [-0.4, -0.2) is 40.2 Å². The van der Waals surface area contributed by atoms with Gasteiger partial charge in [-0.05, 0) is 66.6 Å². The Labute approximate surface area is 254 Å². The molecule has 0 spiro atoms. The first-order valence-electron chi connectivity index (χ1n) is 14.8. The number of aromatic hydroxyl groups is 1. The van der Waals surface area contributed by atoms with Crippen molar-refractivity contribution in [2.75, 3.05) is 11.4 Å². The molecule has 4 aliphatic rings. The zero-order valence-electron chi connectivity index (χ0n) is 23.7. The Hall–Kier alpha value is -4.23. The van der Waals surface area contributed by atoms with Gasteiger partial charge in [-0.2, -0.15) is 0 Å². The molecule has 3 fully saturated rings. The number of carbonyl (C=O) groups excluding carboxylic acids is 4. The van der Waals surface area contributed by atoms with E-state index >= 15 is 4.79 Å². The van der Waals surface area contributed by atoms with E-state index in [1.165, 1.54) is 9.80 Å². The van der Waals surface area contributed by atoms with Gasteiger partial charge in [-0.1, -0.05) is 78.7 Å². The largest absolute Gasteiger partial charge is 0.508 e. The number of phenolic OH excluding ortho intramolecular Hbond substituents is 1. The summed E-state index contributed by atoms with van der Waals surface area (Å²) in [4.78, 5) is 59.6. The van der Waals surface area contributed by atoms with Crippen LogP contribution in [0.4, 0.5) is 5.69 Å². The smallest absolute Gasteiger partial charge is 0.246 e. The molecule has 2 heterocycles. The molecule has 0 radical (unpaired) electrons. The van der Waals surface area contributed by atoms with Crippen molar-refractivity contribution in [2.45, 2.75) is 37.5 Å². The lowest BCUT2D eigenvalue weighted by molar-refractivity contribution is -0.140. The van der Waals surface area contributed by atoms with E-state index in [4.69, 9.17) is 11.6 Å². The quantitative estimate of drug-likeness (QED) is 0.306. The minimum absolute atomic E-state index is 0.0836. The van der Waals surface area contributed by atoms with Crippen molar-refractivity contribution >= 4 is 40.9 Å². The number of amides is 4. The number of rotatable bonds is 5. The highest BCUT2D eigenvalue weighted by Gasteiger charge is 2.70. The normalized spacial score (nSPS) is 29.8. The average molecular weight is 595 g/mol. The Morgan fingerprint density at radius 2 is 1.63 bits per heavy atom. The second-order valence-corrected chi connectivity index (χ2v) is 12.4. The summed E-state index contributed by atoms with van der Waals surface area (Å²) < 4.78 is 0.